The molecule has 0 radical (unpaired) electrons. The van der Waals surface area contributed by atoms with Crippen LogP contribution in [0.4, 0.5) is 0 Å². The lowest BCUT2D eigenvalue weighted by atomic mass is 10.2. The van der Waals surface area contributed by atoms with E-state index in [1.807, 2.05) is 47.0 Å². The van der Waals surface area contributed by atoms with Crippen LogP contribution in [0.1, 0.15) is 41.9 Å². The van der Waals surface area contributed by atoms with Crippen LogP contribution in [0.15, 0.2) is 54.6 Å². The molecule has 2 amide bonds. The van der Waals surface area contributed by atoms with Crippen LogP contribution in [0, 0.1) is 0 Å². The highest BCUT2D eigenvalue weighted by atomic mass is 16.2. The molecule has 1 saturated carbocycles. The van der Waals surface area contributed by atoms with Crippen LogP contribution in [0.25, 0.3) is 11.0 Å². The van der Waals surface area contributed by atoms with Gasteiger partial charge in [-0.2, -0.15) is 0 Å². The Morgan fingerprint density at radius 2 is 1.72 bits per heavy atom. The van der Waals surface area contributed by atoms with Gasteiger partial charge in [0.15, 0.2) is 0 Å². The Balaban J connectivity index is 1.44. The first-order valence-electron chi connectivity index (χ1n) is 10.3. The number of aromatic nitrogens is 2. The zero-order valence-electron chi connectivity index (χ0n) is 16.4. The van der Waals surface area contributed by atoms with Gasteiger partial charge in [-0.05, 0) is 37.1 Å². The molecule has 0 bridgehead atoms. The number of fused-ring (bicyclic) bond motifs is 1. The van der Waals surface area contributed by atoms with Gasteiger partial charge in [0, 0.05) is 24.6 Å². The van der Waals surface area contributed by atoms with E-state index >= 15 is 0 Å². The van der Waals surface area contributed by atoms with E-state index < -0.39 is 0 Å². The molecule has 29 heavy (non-hydrogen) atoms. The Kier molecular flexibility index (Phi) is 5.89. The Labute approximate surface area is 170 Å². The molecular weight excluding hydrogens is 364 g/mol. The first-order chi connectivity index (χ1) is 14.2. The standard InChI is InChI=1S/C23H26N4O2/c28-22(25-18-10-4-5-11-18)16-27-20-13-7-6-12-19(20)26-21(27)14-15-24-23(29)17-8-2-1-3-9-17/h1-3,6-9,12-13,18H,4-5,10-11,14-16H2,(H,24,29)(H,25,28). The Morgan fingerprint density at radius 1 is 1.00 bits per heavy atom. The molecule has 0 atom stereocenters. The minimum Gasteiger partial charge on any atom is -0.352 e. The maximum Gasteiger partial charge on any atom is 0.251 e. The number of carbonyl (C=O) groups excluding carboxylic acids is 2. The second-order valence-electron chi connectivity index (χ2n) is 7.52. The van der Waals surface area contributed by atoms with Crippen molar-refractivity contribution >= 4 is 22.8 Å². The number of hydrogen-bond acceptors (Lipinski definition) is 3. The van der Waals surface area contributed by atoms with Crippen molar-refractivity contribution in [2.45, 2.75) is 44.7 Å². The van der Waals surface area contributed by atoms with Crippen LogP contribution in [-0.2, 0) is 17.8 Å². The molecule has 0 saturated heterocycles. The minimum atomic E-state index is -0.104. The normalized spacial score (nSPS) is 14.2. The molecule has 2 N–H and O–H groups in total. The van der Waals surface area contributed by atoms with Crippen LogP contribution in [-0.4, -0.2) is 34.0 Å². The van der Waals surface area contributed by atoms with Crippen molar-refractivity contribution in [3.05, 3.63) is 66.0 Å². The van der Waals surface area contributed by atoms with Crippen molar-refractivity contribution < 1.29 is 9.59 Å². The summed E-state index contributed by atoms with van der Waals surface area (Å²) in [5, 5.41) is 6.09. The fourth-order valence-corrected chi connectivity index (χ4v) is 3.96. The van der Waals surface area contributed by atoms with Gasteiger partial charge >= 0.3 is 0 Å². The molecule has 0 unspecified atom stereocenters. The summed E-state index contributed by atoms with van der Waals surface area (Å²) in [6.07, 6.45) is 5.06. The van der Waals surface area contributed by atoms with Crippen LogP contribution in [0.5, 0.6) is 0 Å². The maximum absolute atomic E-state index is 12.6. The summed E-state index contributed by atoms with van der Waals surface area (Å²) in [7, 11) is 0. The summed E-state index contributed by atoms with van der Waals surface area (Å²) in [5.74, 6) is 0.725. The third-order valence-corrected chi connectivity index (χ3v) is 5.43. The van der Waals surface area contributed by atoms with Gasteiger partial charge in [0.2, 0.25) is 5.91 Å². The first-order valence-corrected chi connectivity index (χ1v) is 10.3. The Morgan fingerprint density at radius 3 is 2.52 bits per heavy atom. The Bertz CT molecular complexity index is 991. The molecule has 3 aromatic rings. The van der Waals surface area contributed by atoms with E-state index in [1.165, 1.54) is 12.8 Å². The van der Waals surface area contributed by atoms with Gasteiger partial charge in [0.25, 0.3) is 5.91 Å². The lowest BCUT2D eigenvalue weighted by Crippen LogP contribution is -2.35. The lowest BCUT2D eigenvalue weighted by molar-refractivity contribution is -0.122. The van der Waals surface area contributed by atoms with Crippen LogP contribution >= 0.6 is 0 Å². The molecule has 1 fully saturated rings. The van der Waals surface area contributed by atoms with Crippen molar-refractivity contribution in [3.8, 4) is 0 Å². The molecule has 0 aliphatic heterocycles. The molecule has 1 aromatic heterocycles. The maximum atomic E-state index is 12.6. The van der Waals surface area contributed by atoms with E-state index in [2.05, 4.69) is 10.6 Å². The predicted octanol–water partition coefficient (Wildman–Crippen LogP) is 3.07. The second-order valence-corrected chi connectivity index (χ2v) is 7.52. The van der Waals surface area contributed by atoms with Crippen molar-refractivity contribution in [3.63, 3.8) is 0 Å². The van der Waals surface area contributed by atoms with E-state index in [1.54, 1.807) is 12.1 Å². The van der Waals surface area contributed by atoms with E-state index in [-0.39, 0.29) is 18.4 Å². The quantitative estimate of drug-likeness (QED) is 0.651. The summed E-state index contributed by atoms with van der Waals surface area (Å²) in [6, 6.07) is 17.3. The zero-order chi connectivity index (χ0) is 20.1. The van der Waals surface area contributed by atoms with Gasteiger partial charge in [-0.25, -0.2) is 4.98 Å². The molecule has 4 rings (SSSR count). The van der Waals surface area contributed by atoms with Crippen molar-refractivity contribution in [1.82, 2.24) is 20.2 Å². The summed E-state index contributed by atoms with van der Waals surface area (Å²) in [5.41, 5.74) is 2.45. The monoisotopic (exact) mass is 390 g/mol. The topological polar surface area (TPSA) is 76.0 Å². The number of para-hydroxylation sites is 2. The van der Waals surface area contributed by atoms with E-state index in [0.29, 0.717) is 24.6 Å². The highest BCUT2D eigenvalue weighted by molar-refractivity contribution is 5.94. The average Bonchev–Trinajstić information content (AvgIpc) is 3.37. The number of carbonyl (C=O) groups is 2. The average molecular weight is 390 g/mol. The first kappa shape index (κ1) is 19.2. The third kappa shape index (κ3) is 4.65. The van der Waals surface area contributed by atoms with Gasteiger partial charge in [-0.3, -0.25) is 9.59 Å². The van der Waals surface area contributed by atoms with Crippen molar-refractivity contribution in [1.29, 1.82) is 0 Å². The predicted molar refractivity (Wildman–Crippen MR) is 113 cm³/mol. The molecule has 1 aliphatic carbocycles. The number of benzene rings is 2. The molecule has 150 valence electrons. The molecule has 1 aliphatic rings. The number of nitrogens with zero attached hydrogens (tertiary/aromatic N) is 2. The van der Waals surface area contributed by atoms with Crippen LogP contribution in [0.3, 0.4) is 0 Å². The summed E-state index contributed by atoms with van der Waals surface area (Å²) in [6.45, 7) is 0.709. The van der Waals surface area contributed by atoms with E-state index in [4.69, 9.17) is 4.98 Å². The zero-order valence-corrected chi connectivity index (χ0v) is 16.4. The Hall–Kier alpha value is -3.15. The third-order valence-electron chi connectivity index (χ3n) is 5.43. The fourth-order valence-electron chi connectivity index (χ4n) is 3.96. The van der Waals surface area contributed by atoms with Gasteiger partial charge in [0.05, 0.1) is 11.0 Å². The SMILES string of the molecule is O=C(Cn1c(CCNC(=O)c2ccccc2)nc2ccccc21)NC1CCCC1. The molecule has 0 spiro atoms. The largest absolute Gasteiger partial charge is 0.352 e. The number of nitrogens with one attached hydrogen (secondary N) is 2. The number of hydrogen-bond donors (Lipinski definition) is 2. The summed E-state index contributed by atoms with van der Waals surface area (Å²) < 4.78 is 1.97. The van der Waals surface area contributed by atoms with Gasteiger partial charge in [-0.15, -0.1) is 0 Å². The molecule has 6 heteroatoms. The number of rotatable bonds is 7. The minimum absolute atomic E-state index is 0.0228. The lowest BCUT2D eigenvalue weighted by Gasteiger charge is -2.14. The molecular formula is C23H26N4O2. The second kappa shape index (κ2) is 8.90. The van der Waals surface area contributed by atoms with Gasteiger partial charge in [0.1, 0.15) is 12.4 Å². The van der Waals surface area contributed by atoms with E-state index in [0.717, 1.165) is 29.7 Å². The smallest absolute Gasteiger partial charge is 0.251 e. The molecule has 6 nitrogen and oxygen atoms in total. The van der Waals surface area contributed by atoms with Crippen molar-refractivity contribution in [2.75, 3.05) is 6.54 Å². The number of amides is 2. The highest BCUT2D eigenvalue weighted by Gasteiger charge is 2.19. The fraction of sp³-hybridized carbons (Fsp3) is 0.348. The van der Waals surface area contributed by atoms with Crippen LogP contribution < -0.4 is 10.6 Å². The molecule has 1 heterocycles. The van der Waals surface area contributed by atoms with Crippen LogP contribution in [0.2, 0.25) is 0 Å². The summed E-state index contributed by atoms with van der Waals surface area (Å²) in [4.78, 5) is 29.6. The number of imidazole rings is 1. The van der Waals surface area contributed by atoms with E-state index in [9.17, 15) is 9.59 Å². The van der Waals surface area contributed by atoms with Crippen molar-refractivity contribution in [2.24, 2.45) is 0 Å². The summed E-state index contributed by atoms with van der Waals surface area (Å²) >= 11 is 0. The highest BCUT2D eigenvalue weighted by Crippen LogP contribution is 2.19. The van der Waals surface area contributed by atoms with Gasteiger partial charge in [-0.1, -0.05) is 43.2 Å². The van der Waals surface area contributed by atoms with Gasteiger partial charge < -0.3 is 15.2 Å². The molecule has 2 aromatic carbocycles.